The highest BCUT2D eigenvalue weighted by Gasteiger charge is 2.29. The van der Waals surface area contributed by atoms with E-state index in [1.54, 1.807) is 12.1 Å². The third kappa shape index (κ3) is 2.49. The normalized spacial score (nSPS) is 21.6. The van der Waals surface area contributed by atoms with Crippen LogP contribution in [-0.4, -0.2) is 31.9 Å². The average Bonchev–Trinajstić information content (AvgIpc) is 2.92. The van der Waals surface area contributed by atoms with E-state index >= 15 is 0 Å². The van der Waals surface area contributed by atoms with Gasteiger partial charge >= 0.3 is 0 Å². The highest BCUT2D eigenvalue weighted by Crippen LogP contribution is 2.19. The summed E-state index contributed by atoms with van der Waals surface area (Å²) in [5, 5.41) is 3.55. The van der Waals surface area contributed by atoms with Gasteiger partial charge in [0.05, 0.1) is 11.5 Å². The van der Waals surface area contributed by atoms with Gasteiger partial charge in [0.2, 0.25) is 0 Å². The number of sulfone groups is 1. The van der Waals surface area contributed by atoms with Crippen molar-refractivity contribution in [1.82, 2.24) is 5.32 Å². The van der Waals surface area contributed by atoms with Crippen LogP contribution in [0, 0.1) is 0 Å². The van der Waals surface area contributed by atoms with E-state index in [0.29, 0.717) is 12.0 Å². The number of carbonyl (C=O) groups is 1. The first-order valence-corrected chi connectivity index (χ1v) is 7.85. The minimum absolute atomic E-state index is 0.0129. The molecule has 0 spiro atoms. The standard InChI is InChI=1S/C13H13NO4S/c15-13(14-10-5-6-19(16,17)8-10)12-7-9-3-1-2-4-11(9)18-12/h1-4,7,10H,5-6,8H2,(H,14,15)/t10-/m1/s1. The first-order valence-electron chi connectivity index (χ1n) is 6.03. The second-order valence-corrected chi connectivity index (χ2v) is 6.95. The molecule has 1 aromatic carbocycles. The van der Waals surface area contributed by atoms with Crippen molar-refractivity contribution >= 4 is 26.7 Å². The molecule has 6 heteroatoms. The highest BCUT2D eigenvalue weighted by atomic mass is 32.2. The molecular weight excluding hydrogens is 266 g/mol. The summed E-state index contributed by atoms with van der Waals surface area (Å²) < 4.78 is 28.1. The van der Waals surface area contributed by atoms with Crippen LogP contribution in [0.2, 0.25) is 0 Å². The summed E-state index contributed by atoms with van der Waals surface area (Å²) in [6, 6.07) is 8.68. The second-order valence-electron chi connectivity index (χ2n) is 4.72. The van der Waals surface area contributed by atoms with E-state index < -0.39 is 9.84 Å². The number of carbonyl (C=O) groups excluding carboxylic acids is 1. The maximum atomic E-state index is 12.0. The lowest BCUT2D eigenvalue weighted by molar-refractivity contribution is 0.0915. The summed E-state index contributed by atoms with van der Waals surface area (Å²) in [7, 11) is -2.99. The molecule has 19 heavy (non-hydrogen) atoms. The Bertz CT molecular complexity index is 699. The maximum absolute atomic E-state index is 12.0. The molecule has 2 aromatic rings. The third-order valence-corrected chi connectivity index (χ3v) is 4.98. The molecule has 0 saturated carbocycles. The van der Waals surface area contributed by atoms with Crippen molar-refractivity contribution in [2.75, 3.05) is 11.5 Å². The molecule has 0 radical (unpaired) electrons. The Morgan fingerprint density at radius 2 is 2.11 bits per heavy atom. The number of hydrogen-bond donors (Lipinski definition) is 1. The van der Waals surface area contributed by atoms with Crippen LogP contribution in [0.5, 0.6) is 0 Å². The van der Waals surface area contributed by atoms with Gasteiger partial charge in [0, 0.05) is 11.4 Å². The smallest absolute Gasteiger partial charge is 0.287 e. The Morgan fingerprint density at radius 3 is 2.79 bits per heavy atom. The molecular formula is C13H13NO4S. The predicted octanol–water partition coefficient (Wildman–Crippen LogP) is 1.35. The molecule has 5 nitrogen and oxygen atoms in total. The zero-order chi connectivity index (χ0) is 13.5. The number of fused-ring (bicyclic) bond motifs is 1. The van der Waals surface area contributed by atoms with Gasteiger partial charge in [-0.25, -0.2) is 8.42 Å². The molecule has 1 fully saturated rings. The van der Waals surface area contributed by atoms with E-state index in [0.717, 1.165) is 5.39 Å². The summed E-state index contributed by atoms with van der Waals surface area (Å²) in [6.45, 7) is 0. The summed E-state index contributed by atoms with van der Waals surface area (Å²) in [4.78, 5) is 12.0. The summed E-state index contributed by atoms with van der Waals surface area (Å²) in [6.07, 6.45) is 0.467. The molecule has 0 unspecified atom stereocenters. The minimum Gasteiger partial charge on any atom is -0.451 e. The summed E-state index contributed by atoms with van der Waals surface area (Å²) in [5.41, 5.74) is 0.645. The number of hydrogen-bond acceptors (Lipinski definition) is 4. The molecule has 1 aromatic heterocycles. The quantitative estimate of drug-likeness (QED) is 0.900. The van der Waals surface area contributed by atoms with Crippen LogP contribution in [0.25, 0.3) is 11.0 Å². The first-order chi connectivity index (χ1) is 9.03. The molecule has 0 bridgehead atoms. The lowest BCUT2D eigenvalue weighted by Gasteiger charge is -2.08. The number of nitrogens with one attached hydrogen (secondary N) is 1. The Morgan fingerprint density at radius 1 is 1.32 bits per heavy atom. The number of amides is 1. The third-order valence-electron chi connectivity index (χ3n) is 3.22. The van der Waals surface area contributed by atoms with Gasteiger partial charge in [0.25, 0.3) is 5.91 Å². The molecule has 1 amide bonds. The zero-order valence-electron chi connectivity index (χ0n) is 10.1. The van der Waals surface area contributed by atoms with Gasteiger partial charge in [0.1, 0.15) is 5.58 Å². The van der Waals surface area contributed by atoms with Crippen LogP contribution in [0.1, 0.15) is 17.0 Å². The number of rotatable bonds is 2. The van der Waals surface area contributed by atoms with Crippen molar-refractivity contribution in [1.29, 1.82) is 0 Å². The van der Waals surface area contributed by atoms with Gasteiger partial charge in [0.15, 0.2) is 15.6 Å². The molecule has 1 aliphatic rings. The van der Waals surface area contributed by atoms with Crippen LogP contribution < -0.4 is 5.32 Å². The van der Waals surface area contributed by atoms with Crippen molar-refractivity contribution in [3.63, 3.8) is 0 Å². The van der Waals surface area contributed by atoms with Gasteiger partial charge in [-0.2, -0.15) is 0 Å². The number of para-hydroxylation sites is 1. The number of benzene rings is 1. The van der Waals surface area contributed by atoms with Crippen LogP contribution in [0.3, 0.4) is 0 Å². The largest absolute Gasteiger partial charge is 0.451 e. The number of furan rings is 1. The van der Waals surface area contributed by atoms with Crippen LogP contribution >= 0.6 is 0 Å². The van der Waals surface area contributed by atoms with E-state index in [-0.39, 0.29) is 29.2 Å². The highest BCUT2D eigenvalue weighted by molar-refractivity contribution is 7.91. The molecule has 100 valence electrons. The molecule has 1 aliphatic heterocycles. The molecule has 0 aliphatic carbocycles. The molecule has 1 N–H and O–H groups in total. The van der Waals surface area contributed by atoms with E-state index in [1.807, 2.05) is 18.2 Å². The lowest BCUT2D eigenvalue weighted by Crippen LogP contribution is -2.35. The molecule has 3 rings (SSSR count). The molecule has 2 heterocycles. The Hall–Kier alpha value is -1.82. The fourth-order valence-electron chi connectivity index (χ4n) is 2.26. The van der Waals surface area contributed by atoms with Gasteiger partial charge in [-0.3, -0.25) is 4.79 Å². The van der Waals surface area contributed by atoms with E-state index in [1.165, 1.54) is 0 Å². The van der Waals surface area contributed by atoms with E-state index in [9.17, 15) is 13.2 Å². The Kier molecular flexibility index (Phi) is 2.82. The fourth-order valence-corrected chi connectivity index (χ4v) is 3.93. The van der Waals surface area contributed by atoms with Crippen LogP contribution in [0.4, 0.5) is 0 Å². The lowest BCUT2D eigenvalue weighted by atomic mass is 10.2. The Labute approximate surface area is 110 Å². The van der Waals surface area contributed by atoms with E-state index in [2.05, 4.69) is 5.32 Å². The van der Waals surface area contributed by atoms with Gasteiger partial charge < -0.3 is 9.73 Å². The summed E-state index contributed by atoms with van der Waals surface area (Å²) >= 11 is 0. The monoisotopic (exact) mass is 279 g/mol. The van der Waals surface area contributed by atoms with E-state index in [4.69, 9.17) is 4.42 Å². The van der Waals surface area contributed by atoms with Crippen molar-refractivity contribution in [3.8, 4) is 0 Å². The van der Waals surface area contributed by atoms with Crippen LogP contribution in [0.15, 0.2) is 34.7 Å². The van der Waals surface area contributed by atoms with Gasteiger partial charge in [-0.1, -0.05) is 18.2 Å². The zero-order valence-corrected chi connectivity index (χ0v) is 10.9. The van der Waals surface area contributed by atoms with Crippen LogP contribution in [-0.2, 0) is 9.84 Å². The van der Waals surface area contributed by atoms with Crippen molar-refractivity contribution < 1.29 is 17.6 Å². The second kappa shape index (κ2) is 4.38. The Balaban J connectivity index is 1.77. The SMILES string of the molecule is O=C(N[C@@H]1CCS(=O)(=O)C1)c1cc2ccccc2o1. The fraction of sp³-hybridized carbons (Fsp3) is 0.308. The predicted molar refractivity (Wildman–Crippen MR) is 70.7 cm³/mol. The molecule has 1 saturated heterocycles. The molecule has 1 atom stereocenters. The average molecular weight is 279 g/mol. The summed E-state index contributed by atoms with van der Waals surface area (Å²) in [5.74, 6) is 0.000585. The minimum atomic E-state index is -2.99. The maximum Gasteiger partial charge on any atom is 0.287 e. The van der Waals surface area contributed by atoms with Crippen molar-refractivity contribution in [2.24, 2.45) is 0 Å². The van der Waals surface area contributed by atoms with Gasteiger partial charge in [-0.05, 0) is 18.6 Å². The van der Waals surface area contributed by atoms with Crippen molar-refractivity contribution in [3.05, 3.63) is 36.1 Å². The first kappa shape index (κ1) is 12.2. The van der Waals surface area contributed by atoms with Gasteiger partial charge in [-0.15, -0.1) is 0 Å². The topological polar surface area (TPSA) is 76.4 Å². The van der Waals surface area contributed by atoms with Crippen molar-refractivity contribution in [2.45, 2.75) is 12.5 Å².